The monoisotopic (exact) mass is 1050 g/mol. The Morgan fingerprint density at radius 3 is 1.18 bits per heavy atom. The molecule has 0 unspecified atom stereocenters. The molecule has 6 aromatic heterocycles. The first-order valence-electron chi connectivity index (χ1n) is 22.7. The van der Waals surface area contributed by atoms with Crippen molar-refractivity contribution in [1.82, 2.24) is 59.4 Å². The SMILES string of the molecule is CCc1cncc(-c2nnc(NS(=O)(=O)[C@@H](C)Cc3ncc(F)cn3)n2-c2c(OC)cccc2OC)c1.CCc1cncc(-c2nnc(NS(=O)(=O)[C@H](C)Cc3ncc(F)cn3)n2-c2c(OC)cccc2OC)c1. The number of nitrogens with zero attached hydrogens (tertiary/aromatic N) is 12. The lowest BCUT2D eigenvalue weighted by Gasteiger charge is -2.19. The molecule has 0 saturated carbocycles. The number of rotatable bonds is 20. The summed E-state index contributed by atoms with van der Waals surface area (Å²) in [6.07, 6.45) is 12.1. The van der Waals surface area contributed by atoms with Gasteiger partial charge >= 0.3 is 0 Å². The van der Waals surface area contributed by atoms with E-state index in [1.54, 1.807) is 61.2 Å². The highest BCUT2D eigenvalue weighted by Gasteiger charge is 2.31. The van der Waals surface area contributed by atoms with Crippen LogP contribution in [-0.4, -0.2) is 115 Å². The van der Waals surface area contributed by atoms with Crippen LogP contribution in [0.3, 0.4) is 0 Å². The molecule has 0 aliphatic heterocycles. The summed E-state index contributed by atoms with van der Waals surface area (Å²) in [5.41, 5.74) is 3.99. The number of para-hydroxylation sites is 2. The van der Waals surface area contributed by atoms with Gasteiger partial charge in [0.25, 0.3) is 0 Å². The standard InChI is InChI=1S/2C24H26FN7O4S/c2*1-5-16-10-17(12-26-11-16)23-29-30-24(32(23)22-19(35-3)7-6-8-20(22)36-4)31-37(33,34)15(2)9-21-27-13-18(25)14-28-21/h2*6-8,10-15H,5,9H2,1-4H3,(H,30,31)/t2*15-/m10/s1. The summed E-state index contributed by atoms with van der Waals surface area (Å²) in [6.45, 7) is 6.99. The number of aryl methyl sites for hydroxylation is 2. The Morgan fingerprint density at radius 2 is 0.865 bits per heavy atom. The van der Waals surface area contributed by atoms with E-state index in [9.17, 15) is 25.6 Å². The summed E-state index contributed by atoms with van der Waals surface area (Å²) < 4.78 is 110. The van der Waals surface area contributed by atoms with E-state index in [0.717, 1.165) is 48.8 Å². The van der Waals surface area contributed by atoms with Gasteiger partial charge in [0.1, 0.15) is 46.0 Å². The van der Waals surface area contributed by atoms with Gasteiger partial charge in [-0.1, -0.05) is 26.0 Å². The lowest BCUT2D eigenvalue weighted by Crippen LogP contribution is -2.29. The highest BCUT2D eigenvalue weighted by molar-refractivity contribution is 7.93. The molecule has 0 spiro atoms. The fourth-order valence-corrected chi connectivity index (χ4v) is 9.20. The molecule has 0 aliphatic rings. The third-order valence-corrected chi connectivity index (χ3v) is 14.7. The van der Waals surface area contributed by atoms with Crippen molar-refractivity contribution in [2.75, 3.05) is 37.9 Å². The summed E-state index contributed by atoms with van der Waals surface area (Å²) in [7, 11) is -2.05. The van der Waals surface area contributed by atoms with Gasteiger partial charge in [-0.05, 0) is 74.2 Å². The van der Waals surface area contributed by atoms with Gasteiger partial charge in [-0.25, -0.2) is 45.6 Å². The molecule has 8 rings (SSSR count). The van der Waals surface area contributed by atoms with Crippen molar-refractivity contribution in [3.63, 3.8) is 0 Å². The van der Waals surface area contributed by atoms with Crippen molar-refractivity contribution in [3.8, 4) is 57.1 Å². The molecular formula is C48H52F2N14O8S2. The smallest absolute Gasteiger partial charge is 0.243 e. The topological polar surface area (TPSA) is 268 Å². The number of halogens is 2. The Balaban J connectivity index is 0.000000216. The lowest BCUT2D eigenvalue weighted by atomic mass is 10.1. The number of hydrogen-bond acceptors (Lipinski definition) is 18. The van der Waals surface area contributed by atoms with Crippen molar-refractivity contribution in [2.24, 2.45) is 0 Å². The van der Waals surface area contributed by atoms with E-state index in [-0.39, 0.29) is 36.4 Å². The molecule has 2 N–H and O–H groups in total. The summed E-state index contributed by atoms with van der Waals surface area (Å²) in [6, 6.07) is 14.2. The van der Waals surface area contributed by atoms with Crippen LogP contribution < -0.4 is 28.4 Å². The van der Waals surface area contributed by atoms with Crippen LogP contribution >= 0.6 is 0 Å². The van der Waals surface area contributed by atoms with Gasteiger partial charge in [-0.3, -0.25) is 28.5 Å². The molecule has 74 heavy (non-hydrogen) atoms. The van der Waals surface area contributed by atoms with Gasteiger partial charge in [0.05, 0.1) is 63.7 Å². The first-order chi connectivity index (χ1) is 35.5. The number of nitrogens with one attached hydrogen (secondary N) is 2. The minimum atomic E-state index is -4.02. The Labute approximate surface area is 425 Å². The molecule has 6 heterocycles. The van der Waals surface area contributed by atoms with Gasteiger partial charge in [0.15, 0.2) is 23.3 Å². The van der Waals surface area contributed by atoms with Gasteiger partial charge in [-0.15, -0.1) is 20.4 Å². The third kappa shape index (κ3) is 12.1. The second kappa shape index (κ2) is 23.5. The Kier molecular flexibility index (Phi) is 17.0. The fraction of sp³-hybridized carbons (Fsp3) is 0.292. The molecular weight excluding hydrogens is 1000 g/mol. The van der Waals surface area contributed by atoms with Crippen LogP contribution in [0.2, 0.25) is 0 Å². The van der Waals surface area contributed by atoms with Crippen molar-refractivity contribution in [2.45, 2.75) is 63.9 Å². The zero-order valence-electron chi connectivity index (χ0n) is 41.4. The molecule has 0 fully saturated rings. The van der Waals surface area contributed by atoms with E-state index in [0.29, 0.717) is 57.1 Å². The largest absolute Gasteiger partial charge is 0.494 e. The fourth-order valence-electron chi connectivity index (χ4n) is 7.29. The van der Waals surface area contributed by atoms with Crippen LogP contribution in [0.4, 0.5) is 20.7 Å². The Morgan fingerprint density at radius 1 is 0.527 bits per heavy atom. The highest BCUT2D eigenvalue weighted by atomic mass is 32.2. The molecule has 388 valence electrons. The second-order valence-electron chi connectivity index (χ2n) is 16.2. The first kappa shape index (κ1) is 53.5. The number of anilines is 2. The van der Waals surface area contributed by atoms with E-state index in [4.69, 9.17) is 18.9 Å². The molecule has 22 nitrogen and oxygen atoms in total. The molecule has 2 aromatic carbocycles. The molecule has 0 aliphatic carbocycles. The number of benzene rings is 2. The Hall–Kier alpha value is -8.26. The van der Waals surface area contributed by atoms with Gasteiger partial charge in [-0.2, -0.15) is 0 Å². The predicted octanol–water partition coefficient (Wildman–Crippen LogP) is 6.42. The molecule has 8 aromatic rings. The van der Waals surface area contributed by atoms with Gasteiger partial charge in [0, 0.05) is 48.8 Å². The minimum absolute atomic E-state index is 0.0446. The van der Waals surface area contributed by atoms with Crippen LogP contribution in [0.15, 0.2) is 98.1 Å². The molecule has 0 radical (unpaired) electrons. The van der Waals surface area contributed by atoms with Crippen LogP contribution in [0.1, 0.15) is 50.5 Å². The highest BCUT2D eigenvalue weighted by Crippen LogP contribution is 2.39. The van der Waals surface area contributed by atoms with Crippen LogP contribution in [0, 0.1) is 11.6 Å². The van der Waals surface area contributed by atoms with Crippen LogP contribution in [0.25, 0.3) is 34.2 Å². The average molecular weight is 1060 g/mol. The van der Waals surface area contributed by atoms with Crippen molar-refractivity contribution in [1.29, 1.82) is 0 Å². The van der Waals surface area contributed by atoms with Crippen LogP contribution in [-0.2, 0) is 45.7 Å². The first-order valence-corrected chi connectivity index (χ1v) is 25.8. The van der Waals surface area contributed by atoms with E-state index in [1.807, 2.05) is 26.0 Å². The summed E-state index contributed by atoms with van der Waals surface area (Å²) in [5, 5.41) is 15.0. The molecule has 0 amide bonds. The second-order valence-corrected chi connectivity index (χ2v) is 20.4. The normalized spacial score (nSPS) is 12.2. The predicted molar refractivity (Wildman–Crippen MR) is 270 cm³/mol. The average Bonchev–Trinajstić information content (AvgIpc) is 4.02. The third-order valence-electron chi connectivity index (χ3n) is 11.3. The lowest BCUT2D eigenvalue weighted by molar-refractivity contribution is 0.391. The number of hydrogen-bond donors (Lipinski definition) is 2. The van der Waals surface area contributed by atoms with Crippen molar-refractivity contribution >= 4 is 31.9 Å². The van der Waals surface area contributed by atoms with E-state index in [2.05, 4.69) is 59.7 Å². The Bertz CT molecular complexity index is 3170. The van der Waals surface area contributed by atoms with Crippen LogP contribution in [0.5, 0.6) is 23.0 Å². The summed E-state index contributed by atoms with van der Waals surface area (Å²) in [5.74, 6) is 1.32. The molecule has 0 saturated heterocycles. The minimum Gasteiger partial charge on any atom is -0.494 e. The number of aromatic nitrogens is 12. The maximum absolute atomic E-state index is 13.3. The van der Waals surface area contributed by atoms with E-state index < -0.39 is 42.2 Å². The number of pyridine rings is 2. The van der Waals surface area contributed by atoms with Gasteiger partial charge in [0.2, 0.25) is 31.9 Å². The maximum Gasteiger partial charge on any atom is 0.243 e. The van der Waals surface area contributed by atoms with E-state index >= 15 is 0 Å². The molecule has 2 atom stereocenters. The quantitative estimate of drug-likeness (QED) is 0.0833. The number of ether oxygens (including phenoxy) is 4. The summed E-state index contributed by atoms with van der Waals surface area (Å²) >= 11 is 0. The summed E-state index contributed by atoms with van der Waals surface area (Å²) in [4.78, 5) is 24.0. The number of methoxy groups -OCH3 is 4. The van der Waals surface area contributed by atoms with Crippen molar-refractivity contribution in [3.05, 3.63) is 133 Å². The maximum atomic E-state index is 13.3. The zero-order valence-corrected chi connectivity index (χ0v) is 43.1. The van der Waals surface area contributed by atoms with E-state index in [1.165, 1.54) is 51.4 Å². The number of sulfonamides is 2. The van der Waals surface area contributed by atoms with Gasteiger partial charge < -0.3 is 18.9 Å². The van der Waals surface area contributed by atoms with Crippen molar-refractivity contribution < 1.29 is 44.6 Å². The zero-order chi connectivity index (χ0) is 53.2. The molecule has 0 bridgehead atoms. The molecule has 26 heteroatoms.